The number of nitrogens with zero attached hydrogens (tertiary/aromatic N) is 2. The molecule has 0 radical (unpaired) electrons. The second-order valence-electron chi connectivity index (χ2n) is 4.68. The van der Waals surface area contributed by atoms with Crippen molar-refractivity contribution in [2.24, 2.45) is 0 Å². The van der Waals surface area contributed by atoms with Gasteiger partial charge < -0.3 is 4.42 Å². The molecule has 1 aliphatic carbocycles. The summed E-state index contributed by atoms with van der Waals surface area (Å²) in [5.74, 6) is 0.626. The minimum absolute atomic E-state index is 0.0389. The first kappa shape index (κ1) is 13.6. The molecular weight excluding hydrogens is 300 g/mol. The molecule has 0 bridgehead atoms. The molecule has 0 amide bonds. The van der Waals surface area contributed by atoms with Gasteiger partial charge in [-0.05, 0) is 37.1 Å². The molecule has 0 aliphatic heterocycles. The normalized spacial score (nSPS) is 15.7. The van der Waals surface area contributed by atoms with E-state index in [1.165, 1.54) is 28.9 Å². The second kappa shape index (κ2) is 5.20. The van der Waals surface area contributed by atoms with E-state index in [4.69, 9.17) is 16.0 Å². The van der Waals surface area contributed by atoms with Gasteiger partial charge in [0.2, 0.25) is 10.0 Å². The van der Waals surface area contributed by atoms with Gasteiger partial charge >= 0.3 is 0 Å². The summed E-state index contributed by atoms with van der Waals surface area (Å²) in [5, 5.41) is 0.167. The summed E-state index contributed by atoms with van der Waals surface area (Å²) in [6, 6.07) is 6.38. The van der Waals surface area contributed by atoms with Crippen molar-refractivity contribution in [2.45, 2.75) is 30.3 Å². The number of furan rings is 1. The van der Waals surface area contributed by atoms with Crippen LogP contribution in [-0.4, -0.2) is 23.7 Å². The van der Waals surface area contributed by atoms with Crippen LogP contribution in [0.5, 0.6) is 0 Å². The largest absolute Gasteiger partial charge is 0.468 e. The zero-order chi connectivity index (χ0) is 14.2. The Morgan fingerprint density at radius 3 is 2.80 bits per heavy atom. The van der Waals surface area contributed by atoms with Crippen molar-refractivity contribution in [1.29, 1.82) is 0 Å². The predicted molar refractivity (Wildman–Crippen MR) is 73.7 cm³/mol. The van der Waals surface area contributed by atoms with Gasteiger partial charge in [0.05, 0.1) is 17.7 Å². The molecule has 2 aromatic rings. The summed E-state index contributed by atoms with van der Waals surface area (Å²) >= 11 is 5.78. The number of sulfonamides is 1. The van der Waals surface area contributed by atoms with E-state index in [1.807, 2.05) is 0 Å². The molecule has 0 saturated heterocycles. The van der Waals surface area contributed by atoms with Crippen LogP contribution < -0.4 is 0 Å². The van der Waals surface area contributed by atoms with Crippen molar-refractivity contribution in [1.82, 2.24) is 9.29 Å². The van der Waals surface area contributed by atoms with E-state index in [2.05, 4.69) is 4.98 Å². The van der Waals surface area contributed by atoms with Crippen LogP contribution in [0, 0.1) is 0 Å². The fraction of sp³-hybridized carbons (Fsp3) is 0.308. The first-order valence-electron chi connectivity index (χ1n) is 6.23. The number of aromatic nitrogens is 1. The Morgan fingerprint density at radius 1 is 1.40 bits per heavy atom. The van der Waals surface area contributed by atoms with Crippen molar-refractivity contribution < 1.29 is 12.8 Å². The van der Waals surface area contributed by atoms with Crippen LogP contribution in [0.25, 0.3) is 0 Å². The zero-order valence-electron chi connectivity index (χ0n) is 10.6. The number of rotatable bonds is 5. The van der Waals surface area contributed by atoms with Crippen molar-refractivity contribution in [3.8, 4) is 0 Å². The lowest BCUT2D eigenvalue weighted by Crippen LogP contribution is -2.32. The van der Waals surface area contributed by atoms with Gasteiger partial charge in [-0.15, -0.1) is 0 Å². The summed E-state index contributed by atoms with van der Waals surface area (Å²) < 4.78 is 32.1. The Hall–Kier alpha value is -1.37. The molecule has 1 fully saturated rings. The fourth-order valence-electron chi connectivity index (χ4n) is 2.01. The van der Waals surface area contributed by atoms with Crippen LogP contribution in [-0.2, 0) is 16.6 Å². The number of pyridine rings is 1. The zero-order valence-corrected chi connectivity index (χ0v) is 12.1. The number of hydrogen-bond donors (Lipinski definition) is 0. The first-order chi connectivity index (χ1) is 9.57. The van der Waals surface area contributed by atoms with Crippen molar-refractivity contribution >= 4 is 21.6 Å². The minimum atomic E-state index is -3.59. The van der Waals surface area contributed by atoms with Gasteiger partial charge in [-0.1, -0.05) is 11.6 Å². The Kier molecular flexibility index (Phi) is 3.54. The topological polar surface area (TPSA) is 63.4 Å². The van der Waals surface area contributed by atoms with Crippen LogP contribution in [0.4, 0.5) is 0 Å². The SMILES string of the molecule is O=S(=O)(c1ccnc(Cl)c1)N(Cc1ccco1)C1CC1. The number of hydrogen-bond acceptors (Lipinski definition) is 4. The molecule has 106 valence electrons. The molecular formula is C13H13ClN2O3S. The average Bonchev–Trinajstić information content (AvgIpc) is 3.12. The van der Waals surface area contributed by atoms with Gasteiger partial charge in [0.15, 0.2) is 0 Å². The molecule has 0 unspecified atom stereocenters. The maximum absolute atomic E-state index is 12.7. The number of halogens is 1. The van der Waals surface area contributed by atoms with Gasteiger partial charge in [0.1, 0.15) is 10.9 Å². The maximum Gasteiger partial charge on any atom is 0.243 e. The molecule has 1 saturated carbocycles. The molecule has 2 heterocycles. The maximum atomic E-state index is 12.7. The summed E-state index contributed by atoms with van der Waals surface area (Å²) in [6.07, 6.45) is 4.68. The van der Waals surface area contributed by atoms with E-state index in [1.54, 1.807) is 12.1 Å². The van der Waals surface area contributed by atoms with Gasteiger partial charge in [-0.3, -0.25) is 0 Å². The highest BCUT2D eigenvalue weighted by Gasteiger charge is 2.38. The first-order valence-corrected chi connectivity index (χ1v) is 8.05. The molecule has 0 aromatic carbocycles. The lowest BCUT2D eigenvalue weighted by Gasteiger charge is -2.20. The summed E-state index contributed by atoms with van der Waals surface area (Å²) in [5.41, 5.74) is 0. The van der Waals surface area contributed by atoms with E-state index in [9.17, 15) is 8.42 Å². The van der Waals surface area contributed by atoms with E-state index in [0.717, 1.165) is 12.8 Å². The van der Waals surface area contributed by atoms with Crippen molar-refractivity contribution in [2.75, 3.05) is 0 Å². The molecule has 0 atom stereocenters. The Labute approximate surface area is 122 Å². The summed E-state index contributed by atoms with van der Waals surface area (Å²) in [6.45, 7) is 0.236. The summed E-state index contributed by atoms with van der Waals surface area (Å²) in [4.78, 5) is 3.98. The molecule has 0 N–H and O–H groups in total. The molecule has 5 nitrogen and oxygen atoms in total. The second-order valence-corrected chi connectivity index (χ2v) is 6.95. The fourth-order valence-corrected chi connectivity index (χ4v) is 3.91. The van der Waals surface area contributed by atoms with E-state index < -0.39 is 10.0 Å². The lowest BCUT2D eigenvalue weighted by molar-refractivity contribution is 0.356. The summed E-state index contributed by atoms with van der Waals surface area (Å²) in [7, 11) is -3.59. The van der Waals surface area contributed by atoms with Crippen LogP contribution in [0.15, 0.2) is 46.0 Å². The predicted octanol–water partition coefficient (Wildman–Crippen LogP) is 2.68. The average molecular weight is 313 g/mol. The van der Waals surface area contributed by atoms with Crippen LogP contribution >= 0.6 is 11.6 Å². The smallest absolute Gasteiger partial charge is 0.243 e. The molecule has 1 aliphatic rings. The highest BCUT2D eigenvalue weighted by molar-refractivity contribution is 7.89. The highest BCUT2D eigenvalue weighted by Crippen LogP contribution is 2.33. The Morgan fingerprint density at radius 2 is 2.20 bits per heavy atom. The molecule has 2 aromatic heterocycles. The van der Waals surface area contributed by atoms with Gasteiger partial charge in [-0.2, -0.15) is 4.31 Å². The lowest BCUT2D eigenvalue weighted by atomic mass is 10.4. The minimum Gasteiger partial charge on any atom is -0.468 e. The van der Waals surface area contributed by atoms with Gasteiger partial charge in [0.25, 0.3) is 0 Å². The third kappa shape index (κ3) is 2.72. The third-order valence-electron chi connectivity index (χ3n) is 3.15. The van der Waals surface area contributed by atoms with E-state index in [0.29, 0.717) is 5.76 Å². The van der Waals surface area contributed by atoms with E-state index >= 15 is 0 Å². The third-order valence-corrected chi connectivity index (χ3v) is 5.25. The van der Waals surface area contributed by atoms with Crippen LogP contribution in [0.2, 0.25) is 5.15 Å². The Balaban J connectivity index is 1.94. The van der Waals surface area contributed by atoms with Gasteiger partial charge in [-0.25, -0.2) is 13.4 Å². The van der Waals surface area contributed by atoms with Crippen molar-refractivity contribution in [3.05, 3.63) is 47.6 Å². The molecule has 20 heavy (non-hydrogen) atoms. The molecule has 3 rings (SSSR count). The monoisotopic (exact) mass is 312 g/mol. The van der Waals surface area contributed by atoms with Crippen molar-refractivity contribution in [3.63, 3.8) is 0 Å². The van der Waals surface area contributed by atoms with Gasteiger partial charge in [0, 0.05) is 12.2 Å². The molecule has 0 spiro atoms. The quantitative estimate of drug-likeness (QED) is 0.796. The van der Waals surface area contributed by atoms with Crippen LogP contribution in [0.3, 0.4) is 0 Å². The van der Waals surface area contributed by atoms with E-state index in [-0.39, 0.29) is 22.6 Å². The molecule has 7 heteroatoms. The standard InChI is InChI=1S/C13H13ClN2O3S/c14-13-8-12(5-6-15-13)20(17,18)16(10-3-4-10)9-11-2-1-7-19-11/h1-2,5-8,10H,3-4,9H2. The highest BCUT2D eigenvalue weighted by atomic mass is 35.5. The Bertz CT molecular complexity index is 696. The van der Waals surface area contributed by atoms with Crippen LogP contribution in [0.1, 0.15) is 18.6 Å².